The number of rotatable bonds is 5. The third-order valence-corrected chi connectivity index (χ3v) is 6.42. The number of aliphatic hydroxyl groups excluding tert-OH is 2. The van der Waals surface area contributed by atoms with Gasteiger partial charge < -0.3 is 20.1 Å². The second-order valence-electron chi connectivity index (χ2n) is 8.27. The Balaban J connectivity index is 1.51. The minimum Gasteiger partial charge on any atom is -0.390 e. The molecule has 3 saturated carbocycles. The Hall–Kier alpha value is -1.44. The van der Waals surface area contributed by atoms with Gasteiger partial charge in [-0.1, -0.05) is 6.92 Å². The zero-order valence-corrected chi connectivity index (χ0v) is 15.5. The second-order valence-corrected chi connectivity index (χ2v) is 8.61. The molecule has 5 rings (SSSR count). The van der Waals surface area contributed by atoms with Gasteiger partial charge in [-0.05, 0) is 61.5 Å². The van der Waals surface area contributed by atoms with Crippen molar-refractivity contribution >= 4 is 28.6 Å². The maximum Gasteiger partial charge on any atom is 0.226 e. The molecule has 3 aliphatic carbocycles. The summed E-state index contributed by atoms with van der Waals surface area (Å²) in [6.45, 7) is 1.94. The molecule has 140 valence electrons. The lowest BCUT2D eigenvalue weighted by Crippen LogP contribution is -2.28. The van der Waals surface area contributed by atoms with Crippen molar-refractivity contribution in [1.29, 1.82) is 0 Å². The number of halogens is 1. The monoisotopic (exact) mass is 377 g/mol. The van der Waals surface area contributed by atoms with Crippen LogP contribution in [0.1, 0.15) is 45.1 Å². The van der Waals surface area contributed by atoms with E-state index in [0.717, 1.165) is 11.8 Å². The number of hydrogen-bond acceptors (Lipinski definition) is 6. The fourth-order valence-electron chi connectivity index (χ4n) is 4.42. The molecular formula is C18H24ClN5O2. The average Bonchev–Trinajstić information content (AvgIpc) is 3.53. The summed E-state index contributed by atoms with van der Waals surface area (Å²) in [5.41, 5.74) is 1.30. The molecule has 0 radical (unpaired) electrons. The van der Waals surface area contributed by atoms with Gasteiger partial charge in [0, 0.05) is 6.04 Å². The molecule has 0 amide bonds. The Kier molecular flexibility index (Phi) is 3.88. The molecule has 3 fully saturated rings. The Morgan fingerprint density at radius 2 is 1.85 bits per heavy atom. The lowest BCUT2D eigenvalue weighted by molar-refractivity contribution is 0.00964. The summed E-state index contributed by atoms with van der Waals surface area (Å²) in [6, 6.07) is 0.180. The Bertz CT molecular complexity index is 822. The summed E-state index contributed by atoms with van der Waals surface area (Å²) in [5, 5.41) is 24.3. The highest BCUT2D eigenvalue weighted by atomic mass is 35.5. The number of nitrogens with one attached hydrogen (secondary N) is 1. The van der Waals surface area contributed by atoms with Gasteiger partial charge in [0.15, 0.2) is 17.0 Å². The maximum atomic E-state index is 10.4. The van der Waals surface area contributed by atoms with Gasteiger partial charge in [0.1, 0.15) is 6.10 Å². The third kappa shape index (κ3) is 2.77. The normalized spacial score (nSPS) is 31.9. The number of nitrogens with zero attached hydrogens (tertiary/aromatic N) is 4. The third-order valence-electron chi connectivity index (χ3n) is 6.25. The van der Waals surface area contributed by atoms with Crippen molar-refractivity contribution < 1.29 is 10.2 Å². The first-order chi connectivity index (χ1) is 12.5. The van der Waals surface area contributed by atoms with Gasteiger partial charge in [0.2, 0.25) is 5.28 Å². The minimum atomic E-state index is -0.835. The predicted molar refractivity (Wildman–Crippen MR) is 98.0 cm³/mol. The molecular weight excluding hydrogens is 354 g/mol. The largest absolute Gasteiger partial charge is 0.390 e. The van der Waals surface area contributed by atoms with E-state index >= 15 is 0 Å². The molecule has 4 atom stereocenters. The van der Waals surface area contributed by atoms with Crippen molar-refractivity contribution in [3.63, 3.8) is 0 Å². The van der Waals surface area contributed by atoms with Crippen LogP contribution in [0.2, 0.25) is 5.28 Å². The highest BCUT2D eigenvalue weighted by Gasteiger charge is 2.43. The van der Waals surface area contributed by atoms with Crippen molar-refractivity contribution in [1.82, 2.24) is 19.5 Å². The molecule has 0 aliphatic heterocycles. The molecule has 0 aromatic carbocycles. The SMILES string of the molecule is CC1C[C@@H](n2cnc3c(NC(C4CC4)C4CC4)nc(Cl)nc32)C(O)C1O. The van der Waals surface area contributed by atoms with Gasteiger partial charge in [-0.3, -0.25) is 0 Å². The van der Waals surface area contributed by atoms with E-state index in [1.165, 1.54) is 25.7 Å². The maximum absolute atomic E-state index is 10.4. The van der Waals surface area contributed by atoms with E-state index in [9.17, 15) is 10.2 Å². The van der Waals surface area contributed by atoms with Gasteiger partial charge in [0.05, 0.1) is 18.5 Å². The number of hydrogen-bond donors (Lipinski definition) is 3. The molecule has 0 saturated heterocycles. The predicted octanol–water partition coefficient (Wildman–Crippen LogP) is 2.38. The Morgan fingerprint density at radius 1 is 1.15 bits per heavy atom. The summed E-state index contributed by atoms with van der Waals surface area (Å²) in [5.74, 6) is 2.15. The van der Waals surface area contributed by atoms with E-state index in [2.05, 4.69) is 20.3 Å². The lowest BCUT2D eigenvalue weighted by Gasteiger charge is -2.20. The van der Waals surface area contributed by atoms with Crippen LogP contribution in [0.25, 0.3) is 11.2 Å². The van der Waals surface area contributed by atoms with Crippen LogP contribution in [0.5, 0.6) is 0 Å². The standard InChI is InChI=1S/C18H24ClN5O2/c1-8-6-11(15(26)14(8)25)24-7-20-13-16(22-18(19)23-17(13)24)21-12(9-2-3-9)10-4-5-10/h7-12,14-15,25-26H,2-6H2,1H3,(H,21,22,23)/t8?,11-,14?,15?/m1/s1. The fraction of sp³-hybridized carbons (Fsp3) is 0.722. The van der Waals surface area contributed by atoms with Crippen LogP contribution < -0.4 is 5.32 Å². The van der Waals surface area contributed by atoms with Crippen LogP contribution in [-0.4, -0.2) is 48.0 Å². The first-order valence-electron chi connectivity index (χ1n) is 9.55. The molecule has 2 heterocycles. The average molecular weight is 378 g/mol. The molecule has 8 heteroatoms. The smallest absolute Gasteiger partial charge is 0.226 e. The van der Waals surface area contributed by atoms with Crippen LogP contribution in [0.15, 0.2) is 6.33 Å². The fourth-order valence-corrected chi connectivity index (χ4v) is 4.59. The zero-order chi connectivity index (χ0) is 18.0. The molecule has 7 nitrogen and oxygen atoms in total. The first-order valence-corrected chi connectivity index (χ1v) is 9.93. The molecule has 2 aromatic rings. The second kappa shape index (κ2) is 6.04. The summed E-state index contributed by atoms with van der Waals surface area (Å²) >= 11 is 6.21. The highest BCUT2D eigenvalue weighted by molar-refractivity contribution is 6.28. The Morgan fingerprint density at radius 3 is 2.42 bits per heavy atom. The molecule has 3 N–H and O–H groups in total. The van der Waals surface area contributed by atoms with Crippen molar-refractivity contribution in [2.45, 2.75) is 63.3 Å². The van der Waals surface area contributed by atoms with Gasteiger partial charge in [-0.2, -0.15) is 9.97 Å². The van der Waals surface area contributed by atoms with E-state index < -0.39 is 12.2 Å². The van der Waals surface area contributed by atoms with Crippen LogP contribution in [-0.2, 0) is 0 Å². The van der Waals surface area contributed by atoms with E-state index in [0.29, 0.717) is 29.4 Å². The number of aliphatic hydroxyl groups is 2. The quantitative estimate of drug-likeness (QED) is 0.692. The summed E-state index contributed by atoms with van der Waals surface area (Å²) in [6.07, 6.45) is 5.87. The van der Waals surface area contributed by atoms with E-state index in [1.54, 1.807) is 6.33 Å². The summed E-state index contributed by atoms with van der Waals surface area (Å²) in [7, 11) is 0. The van der Waals surface area contributed by atoms with Crippen LogP contribution in [0.4, 0.5) is 5.82 Å². The number of anilines is 1. The highest BCUT2D eigenvalue weighted by Crippen LogP contribution is 2.46. The van der Waals surface area contributed by atoms with Crippen molar-refractivity contribution in [3.05, 3.63) is 11.6 Å². The summed E-state index contributed by atoms with van der Waals surface area (Å²) < 4.78 is 1.84. The topological polar surface area (TPSA) is 96.1 Å². The number of aromatic nitrogens is 4. The Labute approximate surface area is 156 Å². The van der Waals surface area contributed by atoms with Crippen molar-refractivity contribution in [3.8, 4) is 0 Å². The summed E-state index contributed by atoms with van der Waals surface area (Å²) in [4.78, 5) is 13.3. The van der Waals surface area contributed by atoms with Crippen molar-refractivity contribution in [2.75, 3.05) is 5.32 Å². The van der Waals surface area contributed by atoms with E-state index in [4.69, 9.17) is 11.6 Å². The minimum absolute atomic E-state index is 0.0245. The van der Waals surface area contributed by atoms with E-state index in [1.807, 2.05) is 11.5 Å². The molecule has 2 aromatic heterocycles. The molecule has 0 spiro atoms. The van der Waals surface area contributed by atoms with Crippen molar-refractivity contribution in [2.24, 2.45) is 17.8 Å². The number of fused-ring (bicyclic) bond motifs is 1. The number of imidazole rings is 1. The van der Waals surface area contributed by atoms with Crippen LogP contribution >= 0.6 is 11.6 Å². The molecule has 3 unspecified atom stereocenters. The van der Waals surface area contributed by atoms with Gasteiger partial charge in [-0.25, -0.2) is 4.98 Å². The first kappa shape index (κ1) is 16.7. The zero-order valence-electron chi connectivity index (χ0n) is 14.7. The lowest BCUT2D eigenvalue weighted by atomic mass is 10.1. The van der Waals surface area contributed by atoms with Gasteiger partial charge in [-0.15, -0.1) is 0 Å². The van der Waals surface area contributed by atoms with Crippen LogP contribution in [0, 0.1) is 17.8 Å². The van der Waals surface area contributed by atoms with Gasteiger partial charge in [0.25, 0.3) is 0 Å². The molecule has 26 heavy (non-hydrogen) atoms. The van der Waals surface area contributed by atoms with Crippen LogP contribution in [0.3, 0.4) is 0 Å². The van der Waals surface area contributed by atoms with E-state index in [-0.39, 0.29) is 17.2 Å². The molecule has 0 bridgehead atoms. The molecule has 3 aliphatic rings. The van der Waals surface area contributed by atoms with Gasteiger partial charge >= 0.3 is 0 Å².